The van der Waals surface area contributed by atoms with Gasteiger partial charge in [0.25, 0.3) is 5.91 Å². The summed E-state index contributed by atoms with van der Waals surface area (Å²) >= 11 is 1.51. The van der Waals surface area contributed by atoms with Crippen LogP contribution in [0.25, 0.3) is 10.8 Å². The lowest BCUT2D eigenvalue weighted by Crippen LogP contribution is -2.34. The molecule has 1 unspecified atom stereocenters. The molecule has 0 aliphatic rings. The van der Waals surface area contributed by atoms with Crippen LogP contribution in [0.15, 0.2) is 132 Å². The third-order valence-corrected chi connectivity index (χ3v) is 7.62. The molecule has 0 spiro atoms. The van der Waals surface area contributed by atoms with E-state index in [0.717, 1.165) is 27.0 Å². The molecule has 0 saturated heterocycles. The molecule has 0 heterocycles. The van der Waals surface area contributed by atoms with Gasteiger partial charge < -0.3 is 5.32 Å². The molecule has 38 heavy (non-hydrogen) atoms. The minimum Gasteiger partial charge on any atom is -0.322 e. The molecule has 4 nitrogen and oxygen atoms in total. The van der Waals surface area contributed by atoms with Crippen molar-refractivity contribution in [3.8, 4) is 0 Å². The molecule has 0 aliphatic carbocycles. The lowest BCUT2D eigenvalue weighted by molar-refractivity contribution is -0.117. The number of rotatable bonds is 8. The van der Waals surface area contributed by atoms with Crippen LogP contribution in [0.2, 0.25) is 0 Å². The fourth-order valence-corrected chi connectivity index (χ4v) is 5.41. The number of nitrogens with zero attached hydrogens (tertiary/aromatic N) is 1. The van der Waals surface area contributed by atoms with Crippen molar-refractivity contribution in [2.24, 2.45) is 0 Å². The number of carbonyl (C=O) groups is 2. The molecule has 1 N–H and O–H groups in total. The van der Waals surface area contributed by atoms with E-state index in [-0.39, 0.29) is 17.1 Å². The lowest BCUT2D eigenvalue weighted by Gasteiger charge is -2.27. The zero-order valence-electron chi connectivity index (χ0n) is 21.1. The molecule has 0 fully saturated rings. The molecule has 0 aromatic heterocycles. The second kappa shape index (κ2) is 11.8. The van der Waals surface area contributed by atoms with E-state index in [4.69, 9.17) is 0 Å². The van der Waals surface area contributed by atoms with Crippen LogP contribution in [0.5, 0.6) is 0 Å². The highest BCUT2D eigenvalue weighted by Gasteiger charge is 2.26. The molecular formula is C33H28N2O2S. The van der Waals surface area contributed by atoms with Crippen molar-refractivity contribution in [1.82, 2.24) is 0 Å². The smallest absolute Gasteiger partial charge is 0.255 e. The standard InChI is InChI=1S/C33H28N2O2S/c1-2-31(33(37)35(28-15-5-3-6-16-28)29-17-7-4-8-18-29)38-30-19-11-14-27(23-30)34-32(36)26-21-20-24-12-9-10-13-25(24)22-26/h3-23,31H,2H2,1H3,(H,34,36). The highest BCUT2D eigenvalue weighted by Crippen LogP contribution is 2.33. The van der Waals surface area contributed by atoms with Crippen molar-refractivity contribution in [3.63, 3.8) is 0 Å². The average Bonchev–Trinajstić information content (AvgIpc) is 2.97. The molecule has 0 aliphatic heterocycles. The Morgan fingerprint density at radius 2 is 1.34 bits per heavy atom. The van der Waals surface area contributed by atoms with Gasteiger partial charge in [-0.2, -0.15) is 0 Å². The molecule has 0 saturated carbocycles. The summed E-state index contributed by atoms with van der Waals surface area (Å²) in [6.07, 6.45) is 0.660. The summed E-state index contributed by atoms with van der Waals surface area (Å²) in [5.41, 5.74) is 2.96. The minimum atomic E-state index is -0.304. The highest BCUT2D eigenvalue weighted by molar-refractivity contribution is 8.00. The fraction of sp³-hybridized carbons (Fsp3) is 0.0909. The van der Waals surface area contributed by atoms with Gasteiger partial charge >= 0.3 is 0 Å². The van der Waals surface area contributed by atoms with E-state index in [2.05, 4.69) is 5.32 Å². The molecule has 5 aromatic rings. The second-order valence-corrected chi connectivity index (χ2v) is 10.2. The van der Waals surface area contributed by atoms with E-state index in [0.29, 0.717) is 17.7 Å². The Morgan fingerprint density at radius 1 is 0.711 bits per heavy atom. The Labute approximate surface area is 227 Å². The molecular weight excluding hydrogens is 488 g/mol. The van der Waals surface area contributed by atoms with Crippen LogP contribution in [0.3, 0.4) is 0 Å². The van der Waals surface area contributed by atoms with Gasteiger partial charge in [-0.15, -0.1) is 11.8 Å². The summed E-state index contributed by atoms with van der Waals surface area (Å²) in [6.45, 7) is 2.02. The van der Waals surface area contributed by atoms with Gasteiger partial charge in [0.15, 0.2) is 0 Å². The van der Waals surface area contributed by atoms with Crippen LogP contribution < -0.4 is 10.2 Å². The zero-order valence-corrected chi connectivity index (χ0v) is 21.9. The van der Waals surface area contributed by atoms with E-state index in [1.807, 2.05) is 134 Å². The summed E-state index contributed by atoms with van der Waals surface area (Å²) < 4.78 is 0. The van der Waals surface area contributed by atoms with Gasteiger partial charge in [0.1, 0.15) is 0 Å². The number of anilines is 3. The maximum absolute atomic E-state index is 13.9. The Hall–Kier alpha value is -4.35. The van der Waals surface area contributed by atoms with Crippen molar-refractivity contribution >= 4 is 51.4 Å². The number of thioether (sulfide) groups is 1. The summed E-state index contributed by atoms with van der Waals surface area (Å²) in [5, 5.41) is 4.83. The number of fused-ring (bicyclic) bond motifs is 1. The number of carbonyl (C=O) groups excluding carboxylic acids is 2. The Kier molecular flexibility index (Phi) is 7.86. The first-order valence-electron chi connectivity index (χ1n) is 12.6. The summed E-state index contributed by atoms with van der Waals surface area (Å²) in [4.78, 5) is 29.6. The van der Waals surface area contributed by atoms with E-state index in [1.165, 1.54) is 11.8 Å². The first-order valence-corrected chi connectivity index (χ1v) is 13.5. The maximum Gasteiger partial charge on any atom is 0.255 e. The topological polar surface area (TPSA) is 49.4 Å². The van der Waals surface area contributed by atoms with E-state index in [1.54, 1.807) is 4.90 Å². The molecule has 0 bridgehead atoms. The van der Waals surface area contributed by atoms with Crippen LogP contribution in [0.1, 0.15) is 23.7 Å². The van der Waals surface area contributed by atoms with Crippen LogP contribution >= 0.6 is 11.8 Å². The van der Waals surface area contributed by atoms with E-state index < -0.39 is 0 Å². The van der Waals surface area contributed by atoms with E-state index >= 15 is 0 Å². The molecule has 188 valence electrons. The number of para-hydroxylation sites is 2. The lowest BCUT2D eigenvalue weighted by atomic mass is 10.1. The molecule has 1 atom stereocenters. The number of nitrogens with one attached hydrogen (secondary N) is 1. The van der Waals surface area contributed by atoms with Crippen molar-refractivity contribution in [2.45, 2.75) is 23.5 Å². The third-order valence-electron chi connectivity index (χ3n) is 6.28. The Morgan fingerprint density at radius 3 is 2.00 bits per heavy atom. The minimum absolute atomic E-state index is 0.0144. The van der Waals surface area contributed by atoms with Gasteiger partial charge in [-0.05, 0) is 71.8 Å². The Balaban J connectivity index is 1.34. The molecule has 5 aromatic carbocycles. The average molecular weight is 517 g/mol. The number of hydrogen-bond donors (Lipinski definition) is 1. The fourth-order valence-electron chi connectivity index (χ4n) is 4.36. The van der Waals surface area contributed by atoms with Gasteiger partial charge in [0.2, 0.25) is 5.91 Å². The molecule has 0 radical (unpaired) electrons. The van der Waals surface area contributed by atoms with Gasteiger partial charge in [-0.25, -0.2) is 0 Å². The van der Waals surface area contributed by atoms with Crippen molar-refractivity contribution < 1.29 is 9.59 Å². The SMILES string of the molecule is CCC(Sc1cccc(NC(=O)c2ccc3ccccc3c2)c1)C(=O)N(c1ccccc1)c1ccccc1. The molecule has 2 amide bonds. The third kappa shape index (κ3) is 5.79. The predicted molar refractivity (Wildman–Crippen MR) is 158 cm³/mol. The second-order valence-electron chi connectivity index (χ2n) is 8.90. The van der Waals surface area contributed by atoms with Gasteiger partial charge in [0, 0.05) is 27.5 Å². The zero-order chi connectivity index (χ0) is 26.3. The maximum atomic E-state index is 13.9. The predicted octanol–water partition coefficient (Wildman–Crippen LogP) is 8.33. The quantitative estimate of drug-likeness (QED) is 0.211. The van der Waals surface area contributed by atoms with Crippen molar-refractivity contribution in [2.75, 3.05) is 10.2 Å². The summed E-state index contributed by atoms with van der Waals surface area (Å²) in [5.74, 6) is -0.152. The normalized spacial score (nSPS) is 11.6. The van der Waals surface area contributed by atoms with Crippen molar-refractivity contribution in [1.29, 1.82) is 0 Å². The molecule has 5 heteroatoms. The number of amides is 2. The summed E-state index contributed by atoms with van der Waals surface area (Å²) in [6, 6.07) is 40.8. The highest BCUT2D eigenvalue weighted by atomic mass is 32.2. The van der Waals surface area contributed by atoms with Crippen molar-refractivity contribution in [3.05, 3.63) is 133 Å². The monoisotopic (exact) mass is 516 g/mol. The largest absolute Gasteiger partial charge is 0.322 e. The van der Waals surface area contributed by atoms with Crippen LogP contribution in [0, 0.1) is 0 Å². The van der Waals surface area contributed by atoms with E-state index in [9.17, 15) is 9.59 Å². The first kappa shape index (κ1) is 25.3. The number of benzene rings is 5. The summed E-state index contributed by atoms with van der Waals surface area (Å²) in [7, 11) is 0. The Bertz CT molecular complexity index is 1510. The van der Waals surface area contributed by atoms with Crippen LogP contribution in [0.4, 0.5) is 17.1 Å². The van der Waals surface area contributed by atoms with Gasteiger partial charge in [-0.3, -0.25) is 14.5 Å². The number of hydrogen-bond acceptors (Lipinski definition) is 3. The van der Waals surface area contributed by atoms with Gasteiger partial charge in [-0.1, -0.05) is 79.7 Å². The van der Waals surface area contributed by atoms with Crippen LogP contribution in [-0.4, -0.2) is 17.1 Å². The first-order chi connectivity index (χ1) is 18.6. The van der Waals surface area contributed by atoms with Crippen LogP contribution in [-0.2, 0) is 4.79 Å². The van der Waals surface area contributed by atoms with Gasteiger partial charge in [0.05, 0.1) is 5.25 Å². The molecule has 5 rings (SSSR count).